The SMILES string of the molecule is CCc1c(C)sc2c1c1nc(-c3ccco3)nn1c(=O)n2CC(=O)N1CCOCC1. The molecule has 0 radical (unpaired) electrons. The van der Waals surface area contributed by atoms with E-state index in [1.807, 2.05) is 6.92 Å². The van der Waals surface area contributed by atoms with Crippen LogP contribution in [0.5, 0.6) is 0 Å². The number of aryl methyl sites for hydroxylation is 2. The normalized spacial score (nSPS) is 14.8. The maximum atomic E-state index is 13.4. The molecule has 10 heteroatoms. The van der Waals surface area contributed by atoms with E-state index in [4.69, 9.17) is 9.15 Å². The van der Waals surface area contributed by atoms with Gasteiger partial charge in [0, 0.05) is 18.0 Å². The first kappa shape index (κ1) is 19.0. The zero-order valence-electron chi connectivity index (χ0n) is 16.8. The molecule has 0 aromatic carbocycles. The molecule has 0 N–H and O–H groups in total. The molecule has 5 rings (SSSR count). The predicted octanol–water partition coefficient (Wildman–Crippen LogP) is 2.10. The summed E-state index contributed by atoms with van der Waals surface area (Å²) in [5.41, 5.74) is 1.23. The molecule has 156 valence electrons. The highest BCUT2D eigenvalue weighted by Gasteiger charge is 2.24. The van der Waals surface area contributed by atoms with Crippen molar-refractivity contribution in [3.63, 3.8) is 0 Å². The first-order chi connectivity index (χ1) is 14.6. The lowest BCUT2D eigenvalue weighted by Gasteiger charge is -2.27. The van der Waals surface area contributed by atoms with Crippen LogP contribution in [0.4, 0.5) is 0 Å². The van der Waals surface area contributed by atoms with Crippen molar-refractivity contribution in [2.75, 3.05) is 26.3 Å². The first-order valence-electron chi connectivity index (χ1n) is 9.89. The molecular weight excluding hydrogens is 406 g/mol. The van der Waals surface area contributed by atoms with E-state index in [1.54, 1.807) is 23.3 Å². The van der Waals surface area contributed by atoms with Crippen molar-refractivity contribution in [3.05, 3.63) is 39.3 Å². The van der Waals surface area contributed by atoms with Gasteiger partial charge in [0.15, 0.2) is 11.4 Å². The molecule has 1 saturated heterocycles. The topological polar surface area (TPSA) is 94.9 Å². The lowest BCUT2D eigenvalue weighted by molar-refractivity contribution is -0.135. The number of hydrogen-bond donors (Lipinski definition) is 0. The Morgan fingerprint density at radius 3 is 2.80 bits per heavy atom. The second-order valence-electron chi connectivity index (χ2n) is 7.18. The summed E-state index contributed by atoms with van der Waals surface area (Å²) >= 11 is 1.52. The van der Waals surface area contributed by atoms with Crippen molar-refractivity contribution in [1.82, 2.24) is 24.1 Å². The lowest BCUT2D eigenvalue weighted by Crippen LogP contribution is -2.44. The fourth-order valence-electron chi connectivity index (χ4n) is 3.92. The van der Waals surface area contributed by atoms with Crippen molar-refractivity contribution < 1.29 is 13.9 Å². The van der Waals surface area contributed by atoms with Crippen molar-refractivity contribution >= 4 is 33.1 Å². The minimum absolute atomic E-state index is 0.0374. The van der Waals surface area contributed by atoms with Crippen LogP contribution in [-0.4, -0.2) is 56.3 Å². The van der Waals surface area contributed by atoms with E-state index in [2.05, 4.69) is 17.0 Å². The van der Waals surface area contributed by atoms with Gasteiger partial charge in [0.2, 0.25) is 11.7 Å². The van der Waals surface area contributed by atoms with E-state index >= 15 is 0 Å². The zero-order chi connectivity index (χ0) is 20.8. The quantitative estimate of drug-likeness (QED) is 0.495. The number of nitrogens with zero attached hydrogens (tertiary/aromatic N) is 5. The molecule has 0 spiro atoms. The molecule has 1 fully saturated rings. The summed E-state index contributed by atoms with van der Waals surface area (Å²) in [5, 5.41) is 5.28. The molecule has 1 aliphatic rings. The van der Waals surface area contributed by atoms with Crippen molar-refractivity contribution in [1.29, 1.82) is 0 Å². The summed E-state index contributed by atoms with van der Waals surface area (Å²) in [6.07, 6.45) is 2.34. The maximum absolute atomic E-state index is 13.4. The molecule has 0 saturated carbocycles. The van der Waals surface area contributed by atoms with Gasteiger partial charge in [-0.25, -0.2) is 9.78 Å². The van der Waals surface area contributed by atoms with Gasteiger partial charge in [0.1, 0.15) is 11.4 Å². The summed E-state index contributed by atoms with van der Waals surface area (Å²) in [5.74, 6) is 0.741. The van der Waals surface area contributed by atoms with Crippen molar-refractivity contribution in [2.45, 2.75) is 26.8 Å². The lowest BCUT2D eigenvalue weighted by atomic mass is 10.1. The number of rotatable bonds is 4. The Kier molecular flexibility index (Phi) is 4.67. The Labute approximate surface area is 175 Å². The average molecular weight is 427 g/mol. The van der Waals surface area contributed by atoms with E-state index in [0.717, 1.165) is 27.1 Å². The molecule has 1 amide bonds. The Morgan fingerprint density at radius 2 is 2.10 bits per heavy atom. The Bertz CT molecular complexity index is 1290. The fourth-order valence-corrected chi connectivity index (χ4v) is 5.14. The third-order valence-corrected chi connectivity index (χ3v) is 6.60. The molecule has 4 aromatic rings. The van der Waals surface area contributed by atoms with Gasteiger partial charge < -0.3 is 14.1 Å². The number of ether oxygens (including phenoxy) is 1. The molecule has 9 nitrogen and oxygen atoms in total. The van der Waals surface area contributed by atoms with E-state index < -0.39 is 0 Å². The molecular formula is C20H21N5O4S. The molecule has 0 aliphatic carbocycles. The Hall–Kier alpha value is -2.98. The van der Waals surface area contributed by atoms with Gasteiger partial charge in [-0.05, 0) is 31.0 Å². The van der Waals surface area contributed by atoms with Crippen LogP contribution in [0, 0.1) is 6.92 Å². The number of carbonyl (C=O) groups is 1. The molecule has 1 aliphatic heterocycles. The number of hydrogen-bond acceptors (Lipinski definition) is 7. The summed E-state index contributed by atoms with van der Waals surface area (Å²) < 4.78 is 13.6. The number of fused-ring (bicyclic) bond motifs is 3. The highest BCUT2D eigenvalue weighted by molar-refractivity contribution is 7.19. The number of thiophene rings is 1. The second kappa shape index (κ2) is 7.37. The third-order valence-electron chi connectivity index (χ3n) is 5.43. The smallest absolute Gasteiger partial charge is 0.352 e. The van der Waals surface area contributed by atoms with Gasteiger partial charge in [-0.15, -0.1) is 16.4 Å². The monoisotopic (exact) mass is 427 g/mol. The van der Waals surface area contributed by atoms with E-state index in [-0.39, 0.29) is 18.1 Å². The molecule has 0 bridgehead atoms. The maximum Gasteiger partial charge on any atom is 0.352 e. The van der Waals surface area contributed by atoms with Crippen LogP contribution in [0.25, 0.3) is 27.4 Å². The van der Waals surface area contributed by atoms with E-state index in [9.17, 15) is 9.59 Å². The standard InChI is InChI=1S/C20H21N5O4S/c1-3-13-12(2)30-19-16(13)18-21-17(14-5-4-8-29-14)22-25(18)20(27)24(19)11-15(26)23-6-9-28-10-7-23/h4-5,8H,3,6-7,9-11H2,1-2H3. The highest BCUT2D eigenvalue weighted by atomic mass is 32.1. The van der Waals surface area contributed by atoms with Crippen LogP contribution in [0.2, 0.25) is 0 Å². The number of morpholine rings is 1. The van der Waals surface area contributed by atoms with Crippen molar-refractivity contribution in [2.24, 2.45) is 0 Å². The second-order valence-corrected chi connectivity index (χ2v) is 8.38. The minimum atomic E-state index is -0.381. The summed E-state index contributed by atoms with van der Waals surface area (Å²) in [6, 6.07) is 3.51. The van der Waals surface area contributed by atoms with Gasteiger partial charge >= 0.3 is 5.69 Å². The van der Waals surface area contributed by atoms with E-state index in [0.29, 0.717) is 43.5 Å². The number of carbonyl (C=O) groups excluding carboxylic acids is 1. The summed E-state index contributed by atoms with van der Waals surface area (Å²) in [4.78, 5) is 34.5. The highest BCUT2D eigenvalue weighted by Crippen LogP contribution is 2.33. The number of aromatic nitrogens is 4. The van der Waals surface area contributed by atoms with Crippen LogP contribution >= 0.6 is 11.3 Å². The van der Waals surface area contributed by atoms with Gasteiger partial charge in [0.05, 0.1) is 24.9 Å². The van der Waals surface area contributed by atoms with Gasteiger partial charge in [0.25, 0.3) is 0 Å². The number of amides is 1. The van der Waals surface area contributed by atoms with E-state index in [1.165, 1.54) is 20.4 Å². The zero-order valence-corrected chi connectivity index (χ0v) is 17.6. The van der Waals surface area contributed by atoms with Gasteiger partial charge in [-0.3, -0.25) is 9.36 Å². The van der Waals surface area contributed by atoms with Crippen LogP contribution in [0.15, 0.2) is 27.6 Å². The Balaban J connectivity index is 1.72. The molecule has 4 aromatic heterocycles. The molecule has 5 heterocycles. The molecule has 30 heavy (non-hydrogen) atoms. The largest absolute Gasteiger partial charge is 0.461 e. The summed E-state index contributed by atoms with van der Waals surface area (Å²) in [7, 11) is 0. The first-order valence-corrected chi connectivity index (χ1v) is 10.7. The van der Waals surface area contributed by atoms with Crippen LogP contribution in [0.1, 0.15) is 17.4 Å². The van der Waals surface area contributed by atoms with Crippen molar-refractivity contribution in [3.8, 4) is 11.6 Å². The fraction of sp³-hybridized carbons (Fsp3) is 0.400. The molecule has 0 unspecified atom stereocenters. The average Bonchev–Trinajstić information content (AvgIpc) is 3.49. The van der Waals surface area contributed by atoms with Crippen LogP contribution < -0.4 is 5.69 Å². The minimum Gasteiger partial charge on any atom is -0.461 e. The van der Waals surface area contributed by atoms with Crippen LogP contribution in [0.3, 0.4) is 0 Å². The Morgan fingerprint density at radius 1 is 1.30 bits per heavy atom. The van der Waals surface area contributed by atoms with Crippen LogP contribution in [-0.2, 0) is 22.5 Å². The summed E-state index contributed by atoms with van der Waals surface area (Å²) in [6.45, 7) is 6.17. The van der Waals surface area contributed by atoms with Gasteiger partial charge in [-0.2, -0.15) is 4.52 Å². The van der Waals surface area contributed by atoms with Gasteiger partial charge in [-0.1, -0.05) is 6.92 Å². The predicted molar refractivity (Wildman–Crippen MR) is 112 cm³/mol. The number of furan rings is 1. The third kappa shape index (κ3) is 2.94. The molecule has 0 atom stereocenters.